The fourth-order valence-electron chi connectivity index (χ4n) is 2.39. The first-order valence-corrected chi connectivity index (χ1v) is 9.34. The third-order valence-electron chi connectivity index (χ3n) is 3.46. The average Bonchev–Trinajstić information content (AvgIpc) is 2.54. The van der Waals surface area contributed by atoms with Gasteiger partial charge >= 0.3 is 0 Å². The number of ether oxygens (including phenoxy) is 2. The molecule has 1 unspecified atom stereocenters. The Morgan fingerprint density at radius 1 is 1.08 bits per heavy atom. The van der Waals surface area contributed by atoms with E-state index in [2.05, 4.69) is 53.7 Å². The van der Waals surface area contributed by atoms with E-state index in [0.717, 1.165) is 20.9 Å². The van der Waals surface area contributed by atoms with E-state index in [1.54, 1.807) is 0 Å². The number of halogens is 2. The minimum Gasteiger partial charge on any atom is -0.492 e. The lowest BCUT2D eigenvalue weighted by molar-refractivity contribution is 0.0572. The molecule has 0 radical (unpaired) electrons. The molecule has 2 rings (SSSR count). The summed E-state index contributed by atoms with van der Waals surface area (Å²) >= 11 is 8.23. The zero-order valence-corrected chi connectivity index (χ0v) is 17.0. The summed E-state index contributed by atoms with van der Waals surface area (Å²) in [5.41, 5.74) is 1.19. The fourth-order valence-corrected chi connectivity index (χ4v) is 3.41. The molecule has 130 valence electrons. The van der Waals surface area contributed by atoms with Gasteiger partial charge in [0.25, 0.3) is 0 Å². The van der Waals surface area contributed by atoms with Crippen LogP contribution in [0.5, 0.6) is 5.75 Å². The van der Waals surface area contributed by atoms with Crippen molar-refractivity contribution in [3.8, 4) is 5.75 Å². The van der Waals surface area contributed by atoms with E-state index in [-0.39, 0.29) is 0 Å². The van der Waals surface area contributed by atoms with E-state index in [9.17, 15) is 0 Å². The summed E-state index contributed by atoms with van der Waals surface area (Å²) in [6.45, 7) is 2.82. The molecule has 24 heavy (non-hydrogen) atoms. The molecule has 0 aliphatic rings. The van der Waals surface area contributed by atoms with Gasteiger partial charge in [-0.05, 0) is 60.4 Å². The number of hydrogen-bond acceptors (Lipinski definition) is 3. The minimum absolute atomic E-state index is 0.301. The van der Waals surface area contributed by atoms with Crippen LogP contribution >= 0.6 is 34.2 Å². The molecule has 0 N–H and O–H groups in total. The summed E-state index contributed by atoms with van der Waals surface area (Å²) in [5.74, 6) is 1.17. The molecular formula is C19H23ClINO2. The molecule has 5 heteroatoms. The highest BCUT2D eigenvalue weighted by Gasteiger charge is 2.13. The molecule has 0 bridgehead atoms. The Hall–Kier alpha value is -0.820. The summed E-state index contributed by atoms with van der Waals surface area (Å²) in [6.07, 6.45) is 0. The molecule has 1 atom stereocenters. The predicted molar refractivity (Wildman–Crippen MR) is 108 cm³/mol. The van der Waals surface area contributed by atoms with Crippen LogP contribution < -0.4 is 4.74 Å². The molecule has 2 aromatic rings. The summed E-state index contributed by atoms with van der Waals surface area (Å²) in [4.78, 5) is 2.16. The zero-order valence-electron chi connectivity index (χ0n) is 14.0. The normalized spacial score (nSPS) is 12.4. The Labute approximate surface area is 163 Å². The number of nitrogens with zero attached hydrogens (tertiary/aromatic N) is 1. The SMILES string of the molecule is CN(C)CC(COCc1ccccc1)COc1ccc(Cl)cc1I. The highest BCUT2D eigenvalue weighted by Crippen LogP contribution is 2.24. The quantitative estimate of drug-likeness (QED) is 0.507. The Bertz CT molecular complexity index is 622. The number of rotatable bonds is 9. The van der Waals surface area contributed by atoms with Crippen LogP contribution in [0.25, 0.3) is 0 Å². The Morgan fingerprint density at radius 3 is 2.50 bits per heavy atom. The molecule has 0 saturated carbocycles. The van der Waals surface area contributed by atoms with Gasteiger partial charge in [-0.3, -0.25) is 0 Å². The highest BCUT2D eigenvalue weighted by molar-refractivity contribution is 14.1. The van der Waals surface area contributed by atoms with Gasteiger partial charge < -0.3 is 14.4 Å². The zero-order chi connectivity index (χ0) is 17.4. The molecule has 0 saturated heterocycles. The third kappa shape index (κ3) is 6.97. The molecule has 0 amide bonds. The molecule has 0 fully saturated rings. The maximum atomic E-state index is 5.99. The highest BCUT2D eigenvalue weighted by atomic mass is 127. The van der Waals surface area contributed by atoms with Crippen molar-refractivity contribution in [2.24, 2.45) is 5.92 Å². The van der Waals surface area contributed by atoms with Crippen molar-refractivity contribution >= 4 is 34.2 Å². The average molecular weight is 460 g/mol. The predicted octanol–water partition coefficient (Wildman–Crippen LogP) is 4.72. The Kier molecular flexibility index (Phi) is 8.32. The maximum Gasteiger partial charge on any atom is 0.132 e. The van der Waals surface area contributed by atoms with Crippen molar-refractivity contribution in [1.82, 2.24) is 4.90 Å². The van der Waals surface area contributed by atoms with Crippen molar-refractivity contribution in [2.75, 3.05) is 33.9 Å². The summed E-state index contributed by atoms with van der Waals surface area (Å²) in [5, 5.41) is 0.725. The van der Waals surface area contributed by atoms with Gasteiger partial charge in [0.05, 0.1) is 23.4 Å². The second-order valence-corrected chi connectivity index (χ2v) is 7.61. The van der Waals surface area contributed by atoms with E-state index in [4.69, 9.17) is 21.1 Å². The van der Waals surface area contributed by atoms with Crippen LogP contribution in [0.3, 0.4) is 0 Å². The fraction of sp³-hybridized carbons (Fsp3) is 0.368. The standard InChI is InChI=1S/C19H23ClINO2/c1-22(2)11-16(13-23-12-15-6-4-3-5-7-15)14-24-19-9-8-17(20)10-18(19)21/h3-10,16H,11-14H2,1-2H3. The molecule has 0 heterocycles. The van der Waals surface area contributed by atoms with Crippen molar-refractivity contribution in [1.29, 1.82) is 0 Å². The molecular weight excluding hydrogens is 437 g/mol. The van der Waals surface area contributed by atoms with Crippen LogP contribution in [-0.4, -0.2) is 38.8 Å². The van der Waals surface area contributed by atoms with E-state index in [1.165, 1.54) is 5.56 Å². The van der Waals surface area contributed by atoms with E-state index >= 15 is 0 Å². The molecule has 0 aromatic heterocycles. The van der Waals surface area contributed by atoms with Gasteiger partial charge in [0.15, 0.2) is 0 Å². The van der Waals surface area contributed by atoms with Gasteiger partial charge in [-0.15, -0.1) is 0 Å². The molecule has 0 aliphatic heterocycles. The van der Waals surface area contributed by atoms with Crippen molar-refractivity contribution in [3.05, 3.63) is 62.7 Å². The lowest BCUT2D eigenvalue weighted by atomic mass is 10.1. The van der Waals surface area contributed by atoms with Crippen LogP contribution in [0.2, 0.25) is 5.02 Å². The summed E-state index contributed by atoms with van der Waals surface area (Å²) in [6, 6.07) is 15.9. The molecule has 3 nitrogen and oxygen atoms in total. The van der Waals surface area contributed by atoms with Gasteiger partial charge in [0.1, 0.15) is 5.75 Å². The van der Waals surface area contributed by atoms with E-state index < -0.39 is 0 Å². The lowest BCUT2D eigenvalue weighted by Gasteiger charge is -2.22. The first-order chi connectivity index (χ1) is 11.5. The monoisotopic (exact) mass is 459 g/mol. The van der Waals surface area contributed by atoms with Crippen LogP contribution in [0.1, 0.15) is 5.56 Å². The minimum atomic E-state index is 0.301. The lowest BCUT2D eigenvalue weighted by Crippen LogP contribution is -2.30. The van der Waals surface area contributed by atoms with Crippen LogP contribution in [0.4, 0.5) is 0 Å². The number of hydrogen-bond donors (Lipinski definition) is 0. The Balaban J connectivity index is 1.85. The number of benzene rings is 2. The van der Waals surface area contributed by atoms with Gasteiger partial charge in [0.2, 0.25) is 0 Å². The maximum absolute atomic E-state index is 5.99. The van der Waals surface area contributed by atoms with Gasteiger partial charge in [0, 0.05) is 17.5 Å². The van der Waals surface area contributed by atoms with Crippen LogP contribution in [0.15, 0.2) is 48.5 Å². The smallest absolute Gasteiger partial charge is 0.132 e. The third-order valence-corrected chi connectivity index (χ3v) is 4.54. The Morgan fingerprint density at radius 2 is 1.83 bits per heavy atom. The first kappa shape index (κ1) is 19.5. The second-order valence-electron chi connectivity index (χ2n) is 6.01. The van der Waals surface area contributed by atoms with Gasteiger partial charge in [-0.25, -0.2) is 0 Å². The largest absolute Gasteiger partial charge is 0.492 e. The van der Waals surface area contributed by atoms with Crippen molar-refractivity contribution in [3.63, 3.8) is 0 Å². The summed E-state index contributed by atoms with van der Waals surface area (Å²) in [7, 11) is 4.13. The summed E-state index contributed by atoms with van der Waals surface area (Å²) < 4.78 is 12.9. The van der Waals surface area contributed by atoms with Crippen molar-refractivity contribution in [2.45, 2.75) is 6.61 Å². The topological polar surface area (TPSA) is 21.7 Å². The molecule has 2 aromatic carbocycles. The van der Waals surface area contributed by atoms with E-state index in [1.807, 2.05) is 36.4 Å². The van der Waals surface area contributed by atoms with Crippen molar-refractivity contribution < 1.29 is 9.47 Å². The van der Waals surface area contributed by atoms with Crippen LogP contribution in [-0.2, 0) is 11.3 Å². The van der Waals surface area contributed by atoms with Gasteiger partial charge in [-0.1, -0.05) is 41.9 Å². The molecule has 0 aliphatic carbocycles. The van der Waals surface area contributed by atoms with Crippen LogP contribution in [0, 0.1) is 9.49 Å². The van der Waals surface area contributed by atoms with Gasteiger partial charge in [-0.2, -0.15) is 0 Å². The second kappa shape index (κ2) is 10.2. The first-order valence-electron chi connectivity index (χ1n) is 7.89. The molecule has 0 spiro atoms. The van der Waals surface area contributed by atoms with E-state index in [0.29, 0.717) is 25.7 Å².